The van der Waals surface area contributed by atoms with Crippen LogP contribution in [0.3, 0.4) is 0 Å². The first-order valence-corrected chi connectivity index (χ1v) is 12.5. The number of imide groups is 1. The van der Waals surface area contributed by atoms with E-state index in [1.54, 1.807) is 39.0 Å². The molecule has 0 spiro atoms. The highest BCUT2D eigenvalue weighted by Crippen LogP contribution is 2.26. The second-order valence-corrected chi connectivity index (χ2v) is 9.82. The summed E-state index contributed by atoms with van der Waals surface area (Å²) < 4.78 is 11.1. The van der Waals surface area contributed by atoms with Crippen LogP contribution in [-0.4, -0.2) is 65.3 Å². The zero-order valence-corrected chi connectivity index (χ0v) is 21.5. The lowest BCUT2D eigenvalue weighted by Gasteiger charge is -2.31. The molecule has 1 saturated heterocycles. The molecule has 0 aromatic carbocycles. The van der Waals surface area contributed by atoms with Crippen molar-refractivity contribution in [2.24, 2.45) is 17.8 Å². The molecule has 0 bridgehead atoms. The maximum absolute atomic E-state index is 12.8. The number of cyclic esters (lactones) is 1. The van der Waals surface area contributed by atoms with Crippen LogP contribution in [0.2, 0.25) is 0 Å². The first-order valence-electron chi connectivity index (χ1n) is 12.5. The Morgan fingerprint density at radius 2 is 1.86 bits per heavy atom. The van der Waals surface area contributed by atoms with E-state index in [1.165, 1.54) is 13.2 Å². The van der Waals surface area contributed by atoms with E-state index >= 15 is 0 Å². The lowest BCUT2D eigenvalue weighted by atomic mass is 9.86. The number of carbonyl (C=O) groups is 4. The Labute approximate surface area is 212 Å². The molecule has 6 atom stereocenters. The number of methoxy groups -OCH3 is 1. The first-order chi connectivity index (χ1) is 17.0. The molecule has 9 heteroatoms. The van der Waals surface area contributed by atoms with Crippen LogP contribution in [0.15, 0.2) is 36.0 Å². The molecular weight excluding hydrogens is 466 g/mol. The number of piperidine rings is 1. The summed E-state index contributed by atoms with van der Waals surface area (Å²) >= 11 is 0. The number of amides is 2. The third-order valence-electron chi connectivity index (χ3n) is 6.69. The molecule has 0 aromatic heterocycles. The van der Waals surface area contributed by atoms with Gasteiger partial charge in [0, 0.05) is 44.3 Å². The van der Waals surface area contributed by atoms with Gasteiger partial charge in [-0.2, -0.15) is 0 Å². The van der Waals surface area contributed by atoms with Crippen LogP contribution in [0, 0.1) is 17.8 Å². The molecule has 36 heavy (non-hydrogen) atoms. The summed E-state index contributed by atoms with van der Waals surface area (Å²) in [6, 6.07) is 0. The molecule has 0 unspecified atom stereocenters. The smallest absolute Gasteiger partial charge is 0.331 e. The van der Waals surface area contributed by atoms with Crippen molar-refractivity contribution < 1.29 is 38.9 Å². The van der Waals surface area contributed by atoms with Gasteiger partial charge in [-0.3, -0.25) is 19.7 Å². The van der Waals surface area contributed by atoms with Crippen molar-refractivity contribution >= 4 is 23.6 Å². The molecule has 0 radical (unpaired) electrons. The van der Waals surface area contributed by atoms with Gasteiger partial charge in [0.25, 0.3) is 0 Å². The molecule has 0 aliphatic carbocycles. The Kier molecular flexibility index (Phi) is 11.7. The maximum atomic E-state index is 12.8. The van der Waals surface area contributed by atoms with Crippen LogP contribution in [0.4, 0.5) is 0 Å². The summed E-state index contributed by atoms with van der Waals surface area (Å²) in [4.78, 5) is 48.3. The molecule has 2 heterocycles. The largest absolute Gasteiger partial charge is 0.454 e. The lowest BCUT2D eigenvalue weighted by molar-refractivity contribution is -0.147. The van der Waals surface area contributed by atoms with E-state index in [0.29, 0.717) is 18.4 Å². The second-order valence-electron chi connectivity index (χ2n) is 9.82. The minimum Gasteiger partial charge on any atom is -0.454 e. The summed E-state index contributed by atoms with van der Waals surface area (Å²) in [7, 11) is 1.50. The zero-order chi connectivity index (χ0) is 26.8. The minimum atomic E-state index is -0.975. The number of aliphatic hydroxyl groups is 2. The van der Waals surface area contributed by atoms with Crippen LogP contribution >= 0.6 is 0 Å². The Morgan fingerprint density at radius 1 is 1.22 bits per heavy atom. The number of ketones is 1. The Balaban J connectivity index is 2.10. The number of allylic oxidation sites excluding steroid dienone is 3. The van der Waals surface area contributed by atoms with Gasteiger partial charge in [-0.15, -0.1) is 0 Å². The van der Waals surface area contributed by atoms with Crippen molar-refractivity contribution in [2.45, 2.75) is 83.7 Å². The van der Waals surface area contributed by atoms with Gasteiger partial charge in [0.05, 0.1) is 12.2 Å². The summed E-state index contributed by atoms with van der Waals surface area (Å²) in [5, 5.41) is 23.6. The quantitative estimate of drug-likeness (QED) is 0.259. The number of ether oxygens (including phenoxy) is 2. The number of carbonyl (C=O) groups excluding carboxylic acids is 4. The Morgan fingerprint density at radius 3 is 2.50 bits per heavy atom. The third kappa shape index (κ3) is 9.11. The minimum absolute atomic E-state index is 0.126. The maximum Gasteiger partial charge on any atom is 0.331 e. The van der Waals surface area contributed by atoms with Crippen molar-refractivity contribution in [3.8, 4) is 0 Å². The third-order valence-corrected chi connectivity index (χ3v) is 6.69. The number of esters is 1. The molecule has 2 amide bonds. The van der Waals surface area contributed by atoms with Gasteiger partial charge in [-0.25, -0.2) is 4.79 Å². The fourth-order valence-corrected chi connectivity index (χ4v) is 4.68. The molecule has 0 saturated carbocycles. The van der Waals surface area contributed by atoms with Crippen molar-refractivity contribution in [3.63, 3.8) is 0 Å². The van der Waals surface area contributed by atoms with Crippen molar-refractivity contribution in [2.75, 3.05) is 7.11 Å². The van der Waals surface area contributed by atoms with Crippen molar-refractivity contribution in [1.82, 2.24) is 5.32 Å². The standard InChI is InChI=1S/C27H39NO8/c1-16(21(30)15-20(29)12-19-13-23(31)28-24(32)14-19)11-17(2)27-18(3)26(34)22(35-4)9-7-5-6-8-10-25(33)36-27/h7-11,16,18-20,22,26-27,29,34H,5-6,12-15H2,1-4H3,(H,28,31,32)/b9-7?,10-8?,17-11+/t16-,18-,20+,22-,26-,27-/m0/s1. The highest BCUT2D eigenvalue weighted by Gasteiger charge is 2.33. The van der Waals surface area contributed by atoms with Gasteiger partial charge < -0.3 is 19.7 Å². The van der Waals surface area contributed by atoms with Crippen LogP contribution in [-0.2, 0) is 28.7 Å². The second kappa shape index (κ2) is 14.2. The molecule has 2 aliphatic heterocycles. The van der Waals surface area contributed by atoms with E-state index in [9.17, 15) is 29.4 Å². The topological polar surface area (TPSA) is 139 Å². The molecular formula is C27H39NO8. The van der Waals surface area contributed by atoms with E-state index in [2.05, 4.69) is 5.32 Å². The molecule has 2 aliphatic rings. The number of nitrogens with one attached hydrogen (secondary N) is 1. The molecule has 9 nitrogen and oxygen atoms in total. The average Bonchev–Trinajstić information content (AvgIpc) is 2.79. The fraction of sp³-hybridized carbons (Fsp3) is 0.630. The molecule has 3 N–H and O–H groups in total. The van der Waals surface area contributed by atoms with Crippen LogP contribution < -0.4 is 5.32 Å². The van der Waals surface area contributed by atoms with Crippen LogP contribution in [0.1, 0.15) is 59.3 Å². The van der Waals surface area contributed by atoms with Crippen LogP contribution in [0.5, 0.6) is 0 Å². The predicted octanol–water partition coefficient (Wildman–Crippen LogP) is 2.16. The fourth-order valence-electron chi connectivity index (χ4n) is 4.68. The zero-order valence-electron chi connectivity index (χ0n) is 21.5. The average molecular weight is 506 g/mol. The monoisotopic (exact) mass is 505 g/mol. The number of Topliss-reactive ketones (excluding diaryl/α,β-unsaturated/α-hetero) is 1. The van der Waals surface area contributed by atoms with E-state index in [1.807, 2.05) is 6.08 Å². The van der Waals surface area contributed by atoms with Crippen LogP contribution in [0.25, 0.3) is 0 Å². The summed E-state index contributed by atoms with van der Waals surface area (Å²) in [6.07, 6.45) is 6.84. The highest BCUT2D eigenvalue weighted by atomic mass is 16.5. The van der Waals surface area contributed by atoms with Gasteiger partial charge in [0.15, 0.2) is 0 Å². The van der Waals surface area contributed by atoms with E-state index in [-0.39, 0.29) is 49.2 Å². The number of hydrogen-bond donors (Lipinski definition) is 3. The van der Waals surface area contributed by atoms with Crippen molar-refractivity contribution in [1.29, 1.82) is 0 Å². The van der Waals surface area contributed by atoms with Gasteiger partial charge in [0.2, 0.25) is 11.8 Å². The lowest BCUT2D eigenvalue weighted by Crippen LogP contribution is -2.41. The number of hydrogen-bond acceptors (Lipinski definition) is 8. The molecule has 200 valence electrons. The van der Waals surface area contributed by atoms with Gasteiger partial charge in [0.1, 0.15) is 18.0 Å². The SMILES string of the molecule is CO[C@H]1C=CCCC=CC(=O)O[C@@H](/C(C)=C/[C@H](C)C(=O)C[C@H](O)CC2CC(=O)NC(=O)C2)[C@@H](C)[C@@H]1O. The van der Waals surface area contributed by atoms with Gasteiger partial charge in [-0.05, 0) is 37.7 Å². The predicted molar refractivity (Wildman–Crippen MR) is 132 cm³/mol. The normalized spacial score (nSPS) is 28.5. The first kappa shape index (κ1) is 29.6. The highest BCUT2D eigenvalue weighted by molar-refractivity contribution is 5.97. The number of aliphatic hydroxyl groups excluding tert-OH is 2. The number of rotatable bonds is 8. The van der Waals surface area contributed by atoms with Gasteiger partial charge >= 0.3 is 5.97 Å². The molecule has 2 rings (SSSR count). The van der Waals surface area contributed by atoms with Crippen molar-refractivity contribution in [3.05, 3.63) is 36.0 Å². The summed E-state index contributed by atoms with van der Waals surface area (Å²) in [5.41, 5.74) is 0.601. The summed E-state index contributed by atoms with van der Waals surface area (Å²) in [6.45, 7) is 5.18. The molecule has 1 fully saturated rings. The van der Waals surface area contributed by atoms with E-state index in [4.69, 9.17) is 9.47 Å². The molecule has 0 aromatic rings. The summed E-state index contributed by atoms with van der Waals surface area (Å²) in [5.74, 6) is -2.92. The van der Waals surface area contributed by atoms with E-state index in [0.717, 1.165) is 0 Å². The Hall–Kier alpha value is -2.62. The van der Waals surface area contributed by atoms with E-state index < -0.39 is 42.2 Å². The Bertz CT molecular complexity index is 876. The van der Waals surface area contributed by atoms with Gasteiger partial charge in [-0.1, -0.05) is 38.2 Å².